The summed E-state index contributed by atoms with van der Waals surface area (Å²) in [7, 11) is 3.67. The fraction of sp³-hybridized carbons (Fsp3) is 0.385. The molecule has 1 aliphatic heterocycles. The standard InChI is InChI=1S/C26H33N3O3/c1-6-32-25(30)23-22(17-28(4)16-19-10-8-7-9-11-19)29(5)26(31)27-24(23)21-14-12-20(13-15-21)18(2)3/h7-15,18,24H,6,16-17H2,1-5H3,(H,27,31)/t24-/m0/s1. The molecule has 2 aromatic rings. The Kier molecular flexibility index (Phi) is 7.70. The number of esters is 1. The summed E-state index contributed by atoms with van der Waals surface area (Å²) in [5.74, 6) is -0.00112. The molecule has 170 valence electrons. The van der Waals surface area contributed by atoms with Crippen molar-refractivity contribution in [2.75, 3.05) is 27.2 Å². The second-order valence-corrected chi connectivity index (χ2v) is 8.50. The molecule has 6 heteroatoms. The van der Waals surface area contributed by atoms with E-state index in [2.05, 4.69) is 48.3 Å². The first-order valence-electron chi connectivity index (χ1n) is 11.1. The number of hydrogen-bond acceptors (Lipinski definition) is 4. The Morgan fingerprint density at radius 3 is 2.34 bits per heavy atom. The van der Waals surface area contributed by atoms with Crippen molar-refractivity contribution in [1.82, 2.24) is 15.1 Å². The molecule has 0 bridgehead atoms. The van der Waals surface area contributed by atoms with Gasteiger partial charge in [-0.15, -0.1) is 0 Å². The number of urea groups is 1. The number of hydrogen-bond donors (Lipinski definition) is 1. The number of amides is 2. The summed E-state index contributed by atoms with van der Waals surface area (Å²) in [4.78, 5) is 29.5. The van der Waals surface area contributed by atoms with Crippen LogP contribution in [0.25, 0.3) is 0 Å². The highest BCUT2D eigenvalue weighted by Gasteiger charge is 2.37. The van der Waals surface area contributed by atoms with E-state index in [0.717, 1.165) is 11.1 Å². The molecule has 3 rings (SSSR count). The van der Waals surface area contributed by atoms with Crippen molar-refractivity contribution >= 4 is 12.0 Å². The SMILES string of the molecule is CCOC(=O)C1=C(CN(C)Cc2ccccc2)N(C)C(=O)N[C@H]1c1ccc(C(C)C)cc1. The summed E-state index contributed by atoms with van der Waals surface area (Å²) in [5, 5.41) is 2.98. The lowest BCUT2D eigenvalue weighted by atomic mass is 9.92. The van der Waals surface area contributed by atoms with Crippen LogP contribution in [0.5, 0.6) is 0 Å². The van der Waals surface area contributed by atoms with Crippen LogP contribution in [0.2, 0.25) is 0 Å². The van der Waals surface area contributed by atoms with E-state index in [1.807, 2.05) is 37.4 Å². The maximum absolute atomic E-state index is 13.1. The van der Waals surface area contributed by atoms with Crippen molar-refractivity contribution in [1.29, 1.82) is 0 Å². The van der Waals surface area contributed by atoms with Crippen LogP contribution < -0.4 is 5.32 Å². The van der Waals surface area contributed by atoms with Crippen LogP contribution >= 0.6 is 0 Å². The average molecular weight is 436 g/mol. The quantitative estimate of drug-likeness (QED) is 0.622. The predicted molar refractivity (Wildman–Crippen MR) is 126 cm³/mol. The van der Waals surface area contributed by atoms with Crippen LogP contribution in [0, 0.1) is 0 Å². The summed E-state index contributed by atoms with van der Waals surface area (Å²) in [6, 6.07) is 17.4. The van der Waals surface area contributed by atoms with Gasteiger partial charge in [0.05, 0.1) is 18.2 Å². The molecule has 0 saturated heterocycles. The van der Waals surface area contributed by atoms with Gasteiger partial charge in [0.15, 0.2) is 0 Å². The molecule has 2 aromatic carbocycles. The van der Waals surface area contributed by atoms with Gasteiger partial charge in [-0.2, -0.15) is 0 Å². The number of nitrogens with one attached hydrogen (secondary N) is 1. The highest BCUT2D eigenvalue weighted by Crippen LogP contribution is 2.32. The number of rotatable bonds is 8. The smallest absolute Gasteiger partial charge is 0.338 e. The fourth-order valence-electron chi connectivity index (χ4n) is 3.93. The number of carbonyl (C=O) groups is 2. The van der Waals surface area contributed by atoms with E-state index in [1.165, 1.54) is 10.5 Å². The highest BCUT2D eigenvalue weighted by atomic mass is 16.5. The summed E-state index contributed by atoms with van der Waals surface area (Å²) in [6.07, 6.45) is 0. The van der Waals surface area contributed by atoms with E-state index in [-0.39, 0.29) is 12.6 Å². The molecular formula is C26H33N3O3. The Labute approximate surface area is 190 Å². The van der Waals surface area contributed by atoms with Crippen molar-refractivity contribution < 1.29 is 14.3 Å². The maximum atomic E-state index is 13.1. The van der Waals surface area contributed by atoms with Gasteiger partial charge in [-0.3, -0.25) is 9.80 Å². The third-order valence-electron chi connectivity index (χ3n) is 5.72. The molecule has 6 nitrogen and oxygen atoms in total. The largest absolute Gasteiger partial charge is 0.463 e. The molecule has 0 unspecified atom stereocenters. The third-order valence-corrected chi connectivity index (χ3v) is 5.72. The van der Waals surface area contributed by atoms with Gasteiger partial charge in [0.25, 0.3) is 0 Å². The number of carbonyl (C=O) groups excluding carboxylic acids is 2. The van der Waals surface area contributed by atoms with Gasteiger partial charge < -0.3 is 10.1 Å². The molecule has 0 spiro atoms. The van der Waals surface area contributed by atoms with Crippen LogP contribution in [0.3, 0.4) is 0 Å². The Morgan fingerprint density at radius 1 is 1.09 bits per heavy atom. The first-order valence-corrected chi connectivity index (χ1v) is 11.1. The van der Waals surface area contributed by atoms with Crippen molar-refractivity contribution in [2.24, 2.45) is 0 Å². The number of nitrogens with zero attached hydrogens (tertiary/aromatic N) is 2. The Bertz CT molecular complexity index is 968. The molecule has 1 N–H and O–H groups in total. The van der Waals surface area contributed by atoms with Crippen LogP contribution in [-0.4, -0.2) is 49.0 Å². The van der Waals surface area contributed by atoms with Gasteiger partial charge >= 0.3 is 12.0 Å². The molecule has 1 aliphatic rings. The predicted octanol–water partition coefficient (Wildman–Crippen LogP) is 4.46. The second kappa shape index (κ2) is 10.5. The van der Waals surface area contributed by atoms with E-state index >= 15 is 0 Å². The summed E-state index contributed by atoms with van der Waals surface area (Å²) >= 11 is 0. The van der Waals surface area contributed by atoms with E-state index in [1.54, 1.807) is 14.0 Å². The Hall–Kier alpha value is -3.12. The molecular weight excluding hydrogens is 402 g/mol. The molecule has 2 amide bonds. The number of ether oxygens (including phenoxy) is 1. The zero-order chi connectivity index (χ0) is 23.3. The minimum Gasteiger partial charge on any atom is -0.463 e. The monoisotopic (exact) mass is 435 g/mol. The molecule has 0 aromatic heterocycles. The second-order valence-electron chi connectivity index (χ2n) is 8.50. The fourth-order valence-corrected chi connectivity index (χ4v) is 3.93. The van der Waals surface area contributed by atoms with Crippen LogP contribution in [0.1, 0.15) is 49.4 Å². The average Bonchev–Trinajstić information content (AvgIpc) is 2.77. The van der Waals surface area contributed by atoms with Crippen molar-refractivity contribution in [2.45, 2.75) is 39.3 Å². The maximum Gasteiger partial charge on any atom is 0.338 e. The summed E-state index contributed by atoms with van der Waals surface area (Å²) in [5.41, 5.74) is 4.37. The van der Waals surface area contributed by atoms with Gasteiger partial charge in [0.1, 0.15) is 0 Å². The van der Waals surface area contributed by atoms with Gasteiger partial charge in [0.2, 0.25) is 0 Å². The minimum atomic E-state index is -0.556. The third kappa shape index (κ3) is 5.37. The zero-order valence-corrected chi connectivity index (χ0v) is 19.6. The van der Waals surface area contributed by atoms with Gasteiger partial charge in [-0.25, -0.2) is 9.59 Å². The van der Waals surface area contributed by atoms with Gasteiger partial charge in [0, 0.05) is 25.8 Å². The van der Waals surface area contributed by atoms with Crippen molar-refractivity contribution in [3.8, 4) is 0 Å². The Morgan fingerprint density at radius 2 is 1.75 bits per heavy atom. The first kappa shape index (κ1) is 23.5. The lowest BCUT2D eigenvalue weighted by Gasteiger charge is -2.36. The first-order chi connectivity index (χ1) is 15.3. The molecule has 32 heavy (non-hydrogen) atoms. The highest BCUT2D eigenvalue weighted by molar-refractivity contribution is 5.95. The minimum absolute atomic E-state index is 0.237. The molecule has 0 aliphatic carbocycles. The van der Waals surface area contributed by atoms with Crippen molar-refractivity contribution in [3.63, 3.8) is 0 Å². The lowest BCUT2D eigenvalue weighted by Crippen LogP contribution is -2.49. The van der Waals surface area contributed by atoms with Gasteiger partial charge in [-0.05, 0) is 36.6 Å². The normalized spacial score (nSPS) is 16.5. The van der Waals surface area contributed by atoms with E-state index in [0.29, 0.717) is 30.3 Å². The molecule has 1 atom stereocenters. The topological polar surface area (TPSA) is 61.9 Å². The van der Waals surface area contributed by atoms with E-state index < -0.39 is 12.0 Å². The molecule has 0 saturated carbocycles. The number of likely N-dealkylation sites (N-methyl/N-ethyl adjacent to an activating group) is 2. The van der Waals surface area contributed by atoms with Gasteiger partial charge in [-0.1, -0.05) is 68.4 Å². The molecule has 1 heterocycles. The molecule has 0 radical (unpaired) electrons. The molecule has 0 fully saturated rings. The lowest BCUT2D eigenvalue weighted by molar-refractivity contribution is -0.139. The zero-order valence-electron chi connectivity index (χ0n) is 19.6. The summed E-state index contributed by atoms with van der Waals surface area (Å²) in [6.45, 7) is 7.47. The summed E-state index contributed by atoms with van der Waals surface area (Å²) < 4.78 is 5.42. The van der Waals surface area contributed by atoms with E-state index in [4.69, 9.17) is 4.74 Å². The van der Waals surface area contributed by atoms with Crippen LogP contribution in [0.15, 0.2) is 65.9 Å². The van der Waals surface area contributed by atoms with Crippen LogP contribution in [-0.2, 0) is 16.1 Å². The Balaban J connectivity index is 1.99. The number of benzene rings is 2. The van der Waals surface area contributed by atoms with E-state index in [9.17, 15) is 9.59 Å². The van der Waals surface area contributed by atoms with Crippen LogP contribution in [0.4, 0.5) is 4.79 Å². The van der Waals surface area contributed by atoms with Crippen molar-refractivity contribution in [3.05, 3.63) is 82.6 Å².